The molecule has 0 saturated heterocycles. The van der Waals surface area contributed by atoms with Crippen LogP contribution in [0.5, 0.6) is 5.75 Å². The van der Waals surface area contributed by atoms with E-state index in [-0.39, 0.29) is 10.9 Å². The van der Waals surface area contributed by atoms with Crippen LogP contribution in [0.15, 0.2) is 70.3 Å². The standard InChI is InChI=1S/C22H24N2O3S2/c1-27-20-6-8-21(9-7-20)29(25,26)23-14-22(19-11-13-28-16-19)24-12-10-17-4-2-3-5-18(17)15-24/h2-9,11,13,16,22-23H,10,12,14-15H2,1H3. The van der Waals surface area contributed by atoms with Crippen LogP contribution in [0.3, 0.4) is 0 Å². The van der Waals surface area contributed by atoms with Crippen molar-refractivity contribution in [3.8, 4) is 5.75 Å². The zero-order valence-electron chi connectivity index (χ0n) is 16.2. The number of thiophene rings is 1. The van der Waals surface area contributed by atoms with Crippen molar-refractivity contribution in [2.75, 3.05) is 20.2 Å². The Balaban J connectivity index is 1.52. The fourth-order valence-electron chi connectivity index (χ4n) is 3.73. The molecule has 1 unspecified atom stereocenters. The number of hydrogen-bond donors (Lipinski definition) is 1. The van der Waals surface area contributed by atoms with Gasteiger partial charge in [-0.15, -0.1) is 0 Å². The number of methoxy groups -OCH3 is 1. The van der Waals surface area contributed by atoms with Gasteiger partial charge in [-0.05, 0) is 64.2 Å². The smallest absolute Gasteiger partial charge is 0.240 e. The first-order valence-electron chi connectivity index (χ1n) is 9.53. The van der Waals surface area contributed by atoms with E-state index in [9.17, 15) is 8.42 Å². The van der Waals surface area contributed by atoms with Crippen molar-refractivity contribution in [1.29, 1.82) is 0 Å². The summed E-state index contributed by atoms with van der Waals surface area (Å²) in [5.74, 6) is 0.632. The van der Waals surface area contributed by atoms with Gasteiger partial charge in [0.05, 0.1) is 12.0 Å². The number of nitrogens with one attached hydrogen (secondary N) is 1. The van der Waals surface area contributed by atoms with Gasteiger partial charge < -0.3 is 4.74 Å². The summed E-state index contributed by atoms with van der Waals surface area (Å²) in [5.41, 5.74) is 3.84. The molecular weight excluding hydrogens is 404 g/mol. The van der Waals surface area contributed by atoms with E-state index in [1.807, 2.05) is 5.38 Å². The number of benzene rings is 2. The molecule has 0 spiro atoms. The summed E-state index contributed by atoms with van der Waals surface area (Å²) in [6.07, 6.45) is 0.974. The molecule has 5 nitrogen and oxygen atoms in total. The van der Waals surface area contributed by atoms with Crippen LogP contribution in [-0.2, 0) is 23.0 Å². The predicted molar refractivity (Wildman–Crippen MR) is 116 cm³/mol. The number of hydrogen-bond acceptors (Lipinski definition) is 5. The lowest BCUT2D eigenvalue weighted by molar-refractivity contribution is 0.181. The van der Waals surface area contributed by atoms with Crippen LogP contribution in [0.25, 0.3) is 0 Å². The molecule has 1 aliphatic heterocycles. The lowest BCUT2D eigenvalue weighted by Crippen LogP contribution is -2.40. The molecule has 2 heterocycles. The van der Waals surface area contributed by atoms with E-state index in [1.54, 1.807) is 42.7 Å². The summed E-state index contributed by atoms with van der Waals surface area (Å²) in [6.45, 7) is 2.05. The molecule has 1 atom stereocenters. The zero-order valence-corrected chi connectivity index (χ0v) is 17.9. The number of fused-ring (bicyclic) bond motifs is 1. The van der Waals surface area contributed by atoms with Crippen molar-refractivity contribution < 1.29 is 13.2 Å². The van der Waals surface area contributed by atoms with Crippen molar-refractivity contribution >= 4 is 21.4 Å². The van der Waals surface area contributed by atoms with Gasteiger partial charge in [-0.25, -0.2) is 13.1 Å². The van der Waals surface area contributed by atoms with Crippen LogP contribution in [-0.4, -0.2) is 33.5 Å². The van der Waals surface area contributed by atoms with Crippen molar-refractivity contribution in [3.63, 3.8) is 0 Å². The maximum atomic E-state index is 12.8. The van der Waals surface area contributed by atoms with Gasteiger partial charge in [0.15, 0.2) is 0 Å². The molecular formula is C22H24N2O3S2. The third-order valence-corrected chi connectivity index (χ3v) is 7.51. The molecule has 1 aromatic heterocycles. The molecule has 0 amide bonds. The Morgan fingerprint density at radius 1 is 1.10 bits per heavy atom. The summed E-state index contributed by atoms with van der Waals surface area (Å²) < 4.78 is 33.6. The Hall–Kier alpha value is -2.19. The second-order valence-corrected chi connectivity index (χ2v) is 9.64. The second kappa shape index (κ2) is 8.67. The van der Waals surface area contributed by atoms with Gasteiger partial charge in [0.25, 0.3) is 0 Å². The maximum absolute atomic E-state index is 12.8. The van der Waals surface area contributed by atoms with Crippen molar-refractivity contribution in [2.24, 2.45) is 0 Å². The van der Waals surface area contributed by atoms with Gasteiger partial charge in [-0.2, -0.15) is 11.3 Å². The van der Waals surface area contributed by atoms with E-state index in [4.69, 9.17) is 4.74 Å². The van der Waals surface area contributed by atoms with E-state index in [0.717, 1.165) is 25.1 Å². The highest BCUT2D eigenvalue weighted by atomic mass is 32.2. The summed E-state index contributed by atoms with van der Waals surface area (Å²) in [7, 11) is -2.04. The molecule has 1 N–H and O–H groups in total. The summed E-state index contributed by atoms with van der Waals surface area (Å²) >= 11 is 1.63. The Morgan fingerprint density at radius 2 is 1.86 bits per heavy atom. The van der Waals surface area contributed by atoms with Gasteiger partial charge >= 0.3 is 0 Å². The molecule has 0 bridgehead atoms. The Bertz CT molecular complexity index is 1050. The monoisotopic (exact) mass is 428 g/mol. The molecule has 29 heavy (non-hydrogen) atoms. The van der Waals surface area contributed by atoms with Gasteiger partial charge in [0.2, 0.25) is 10.0 Å². The van der Waals surface area contributed by atoms with E-state index in [0.29, 0.717) is 12.3 Å². The quantitative estimate of drug-likeness (QED) is 0.621. The molecule has 0 aliphatic carbocycles. The summed E-state index contributed by atoms with van der Waals surface area (Å²) in [5, 5.41) is 4.14. The highest BCUT2D eigenvalue weighted by Gasteiger charge is 2.27. The highest BCUT2D eigenvalue weighted by molar-refractivity contribution is 7.89. The molecule has 0 fully saturated rings. The highest BCUT2D eigenvalue weighted by Crippen LogP contribution is 2.29. The van der Waals surface area contributed by atoms with Crippen molar-refractivity contribution in [1.82, 2.24) is 9.62 Å². The van der Waals surface area contributed by atoms with Crippen LogP contribution < -0.4 is 9.46 Å². The fraction of sp³-hybridized carbons (Fsp3) is 0.273. The molecule has 2 aromatic carbocycles. The first-order valence-corrected chi connectivity index (χ1v) is 12.0. The van der Waals surface area contributed by atoms with Crippen molar-refractivity contribution in [3.05, 3.63) is 82.0 Å². The molecule has 152 valence electrons. The summed E-state index contributed by atoms with van der Waals surface area (Å²) in [4.78, 5) is 2.60. The Morgan fingerprint density at radius 3 is 2.55 bits per heavy atom. The average Bonchev–Trinajstić information content (AvgIpc) is 3.28. The van der Waals surface area contributed by atoms with E-state index < -0.39 is 10.0 Å². The third kappa shape index (κ3) is 4.53. The minimum Gasteiger partial charge on any atom is -0.497 e. The summed E-state index contributed by atoms with van der Waals surface area (Å²) in [6, 6.07) is 17.0. The second-order valence-electron chi connectivity index (χ2n) is 7.09. The van der Waals surface area contributed by atoms with Crippen LogP contribution in [0.4, 0.5) is 0 Å². The SMILES string of the molecule is COc1ccc(S(=O)(=O)NCC(c2ccsc2)N2CCc3ccccc3C2)cc1. The Kier molecular flexibility index (Phi) is 6.01. The van der Waals surface area contributed by atoms with Crippen molar-refractivity contribution in [2.45, 2.75) is 23.9 Å². The largest absolute Gasteiger partial charge is 0.497 e. The first-order chi connectivity index (χ1) is 14.1. The van der Waals surface area contributed by atoms with Gasteiger partial charge in [0.1, 0.15) is 5.75 Å². The minimum atomic E-state index is -3.60. The fourth-order valence-corrected chi connectivity index (χ4v) is 5.48. The minimum absolute atomic E-state index is 0.0115. The molecule has 1 aliphatic rings. The number of ether oxygens (including phenoxy) is 1. The van der Waals surface area contributed by atoms with E-state index in [2.05, 4.69) is 45.3 Å². The lowest BCUT2D eigenvalue weighted by Gasteiger charge is -2.35. The van der Waals surface area contributed by atoms with Crippen LogP contribution in [0, 0.1) is 0 Å². The topological polar surface area (TPSA) is 58.6 Å². The maximum Gasteiger partial charge on any atom is 0.240 e. The van der Waals surface area contributed by atoms with Gasteiger partial charge in [0, 0.05) is 25.7 Å². The zero-order chi connectivity index (χ0) is 20.3. The number of nitrogens with zero attached hydrogens (tertiary/aromatic N) is 1. The van der Waals surface area contributed by atoms with Gasteiger partial charge in [-0.1, -0.05) is 24.3 Å². The normalized spacial score (nSPS) is 15.6. The van der Waals surface area contributed by atoms with Crippen LogP contribution >= 0.6 is 11.3 Å². The number of sulfonamides is 1. The molecule has 4 rings (SSSR count). The number of rotatable bonds is 7. The van der Waals surface area contributed by atoms with Crippen LogP contribution in [0.2, 0.25) is 0 Å². The molecule has 0 radical (unpaired) electrons. The Labute approximate surface area is 176 Å². The third-order valence-electron chi connectivity index (χ3n) is 5.37. The predicted octanol–water partition coefficient (Wildman–Crippen LogP) is 3.83. The molecule has 3 aromatic rings. The molecule has 7 heteroatoms. The average molecular weight is 429 g/mol. The van der Waals surface area contributed by atoms with Crippen LogP contribution in [0.1, 0.15) is 22.7 Å². The van der Waals surface area contributed by atoms with Gasteiger partial charge in [-0.3, -0.25) is 4.90 Å². The first kappa shape index (κ1) is 20.1. The van der Waals surface area contributed by atoms with E-state index in [1.165, 1.54) is 11.1 Å². The molecule has 0 saturated carbocycles. The lowest BCUT2D eigenvalue weighted by atomic mass is 9.97. The van der Waals surface area contributed by atoms with E-state index >= 15 is 0 Å².